The zero-order valence-electron chi connectivity index (χ0n) is 9.30. The van der Waals surface area contributed by atoms with Crippen LogP contribution in [-0.4, -0.2) is 25.3 Å². The highest BCUT2D eigenvalue weighted by Gasteiger charge is 2.27. The third-order valence-corrected chi connectivity index (χ3v) is 3.61. The second-order valence-corrected chi connectivity index (χ2v) is 4.90. The molecule has 0 aromatic heterocycles. The first kappa shape index (κ1) is 10.4. The molecular formula is C12H23NO. The quantitative estimate of drug-likeness (QED) is 0.651. The monoisotopic (exact) mass is 197 g/mol. The minimum absolute atomic E-state index is 0.414. The predicted molar refractivity (Wildman–Crippen MR) is 58.4 cm³/mol. The van der Waals surface area contributed by atoms with Crippen LogP contribution < -0.4 is 5.32 Å². The van der Waals surface area contributed by atoms with Crippen molar-refractivity contribution in [1.82, 2.24) is 5.32 Å². The van der Waals surface area contributed by atoms with Gasteiger partial charge in [0.2, 0.25) is 0 Å². The fraction of sp³-hybridized carbons (Fsp3) is 1.00. The van der Waals surface area contributed by atoms with Gasteiger partial charge in [-0.2, -0.15) is 0 Å². The summed E-state index contributed by atoms with van der Waals surface area (Å²) in [5.41, 5.74) is 0. The molecule has 82 valence electrons. The Morgan fingerprint density at radius 2 is 1.71 bits per heavy atom. The second-order valence-electron chi connectivity index (χ2n) is 4.90. The SMILES string of the molecule is CC1CNCC(C2CCCCCC2)O1. The average Bonchev–Trinajstić information content (AvgIpc) is 2.45. The standard InChI is InChI=1S/C12H23NO/c1-10-8-13-9-12(14-10)11-6-4-2-3-5-7-11/h10-13H,2-9H2,1H3. The number of hydrogen-bond acceptors (Lipinski definition) is 2. The van der Waals surface area contributed by atoms with Gasteiger partial charge >= 0.3 is 0 Å². The molecule has 0 radical (unpaired) electrons. The number of nitrogens with one attached hydrogen (secondary N) is 1. The normalized spacial score (nSPS) is 36.6. The van der Waals surface area contributed by atoms with Crippen molar-refractivity contribution in [3.05, 3.63) is 0 Å². The molecule has 2 aliphatic rings. The molecule has 0 aromatic carbocycles. The summed E-state index contributed by atoms with van der Waals surface area (Å²) in [6, 6.07) is 0. The first-order valence-electron chi connectivity index (χ1n) is 6.22. The van der Waals surface area contributed by atoms with Crippen molar-refractivity contribution in [1.29, 1.82) is 0 Å². The van der Waals surface area contributed by atoms with E-state index in [2.05, 4.69) is 12.2 Å². The van der Waals surface area contributed by atoms with Gasteiger partial charge < -0.3 is 10.1 Å². The van der Waals surface area contributed by atoms with Crippen LogP contribution in [0.4, 0.5) is 0 Å². The van der Waals surface area contributed by atoms with Gasteiger partial charge in [-0.3, -0.25) is 0 Å². The summed E-state index contributed by atoms with van der Waals surface area (Å²) in [6.45, 7) is 4.29. The maximum atomic E-state index is 6.02. The highest BCUT2D eigenvalue weighted by Crippen LogP contribution is 2.28. The van der Waals surface area contributed by atoms with Crippen LogP contribution in [0.15, 0.2) is 0 Å². The highest BCUT2D eigenvalue weighted by atomic mass is 16.5. The van der Waals surface area contributed by atoms with Gasteiger partial charge in [0.25, 0.3) is 0 Å². The third-order valence-electron chi connectivity index (χ3n) is 3.61. The Hall–Kier alpha value is -0.0800. The van der Waals surface area contributed by atoms with Crippen molar-refractivity contribution in [3.8, 4) is 0 Å². The van der Waals surface area contributed by atoms with Gasteiger partial charge in [0.15, 0.2) is 0 Å². The third kappa shape index (κ3) is 2.71. The van der Waals surface area contributed by atoms with E-state index >= 15 is 0 Å². The van der Waals surface area contributed by atoms with Crippen LogP contribution in [0.3, 0.4) is 0 Å². The number of rotatable bonds is 1. The van der Waals surface area contributed by atoms with Crippen molar-refractivity contribution in [2.24, 2.45) is 5.92 Å². The minimum atomic E-state index is 0.414. The average molecular weight is 197 g/mol. The molecule has 1 aliphatic carbocycles. The molecule has 1 saturated heterocycles. The summed E-state index contributed by atoms with van der Waals surface area (Å²) in [4.78, 5) is 0. The Labute approximate surface area is 87.4 Å². The lowest BCUT2D eigenvalue weighted by molar-refractivity contribution is -0.0598. The zero-order chi connectivity index (χ0) is 9.80. The Balaban J connectivity index is 1.85. The van der Waals surface area contributed by atoms with Crippen molar-refractivity contribution in [3.63, 3.8) is 0 Å². The van der Waals surface area contributed by atoms with E-state index < -0.39 is 0 Å². The lowest BCUT2D eigenvalue weighted by atomic mass is 9.93. The van der Waals surface area contributed by atoms with Gasteiger partial charge in [-0.05, 0) is 25.7 Å². The largest absolute Gasteiger partial charge is 0.372 e. The molecule has 1 saturated carbocycles. The van der Waals surface area contributed by atoms with E-state index in [1.165, 1.54) is 38.5 Å². The summed E-state index contributed by atoms with van der Waals surface area (Å²) >= 11 is 0. The van der Waals surface area contributed by atoms with Crippen LogP contribution in [0.25, 0.3) is 0 Å². The molecule has 1 aliphatic heterocycles. The van der Waals surface area contributed by atoms with E-state index in [1.807, 2.05) is 0 Å². The van der Waals surface area contributed by atoms with Gasteiger partial charge in [0.05, 0.1) is 12.2 Å². The molecule has 2 fully saturated rings. The highest BCUT2D eigenvalue weighted by molar-refractivity contribution is 4.79. The number of morpholine rings is 1. The Morgan fingerprint density at radius 3 is 2.36 bits per heavy atom. The molecule has 2 unspecified atom stereocenters. The fourth-order valence-electron chi connectivity index (χ4n) is 2.78. The number of hydrogen-bond donors (Lipinski definition) is 1. The van der Waals surface area contributed by atoms with E-state index in [4.69, 9.17) is 4.74 Å². The Bertz CT molecular complexity index is 164. The molecule has 2 heteroatoms. The summed E-state index contributed by atoms with van der Waals surface area (Å²) in [7, 11) is 0. The molecule has 1 heterocycles. The molecule has 0 aromatic rings. The van der Waals surface area contributed by atoms with Gasteiger partial charge in [-0.1, -0.05) is 25.7 Å². The first-order chi connectivity index (χ1) is 6.86. The van der Waals surface area contributed by atoms with E-state index in [-0.39, 0.29) is 0 Å². The van der Waals surface area contributed by atoms with Gasteiger partial charge in [-0.15, -0.1) is 0 Å². The van der Waals surface area contributed by atoms with Gasteiger partial charge in [-0.25, -0.2) is 0 Å². The second kappa shape index (κ2) is 5.13. The van der Waals surface area contributed by atoms with Crippen molar-refractivity contribution in [2.75, 3.05) is 13.1 Å². The van der Waals surface area contributed by atoms with E-state index in [0.717, 1.165) is 19.0 Å². The lowest BCUT2D eigenvalue weighted by Crippen LogP contribution is -2.46. The van der Waals surface area contributed by atoms with Crippen LogP contribution >= 0.6 is 0 Å². The van der Waals surface area contributed by atoms with Crippen LogP contribution in [-0.2, 0) is 4.74 Å². The maximum absolute atomic E-state index is 6.02. The number of ether oxygens (including phenoxy) is 1. The van der Waals surface area contributed by atoms with E-state index in [1.54, 1.807) is 0 Å². The van der Waals surface area contributed by atoms with Crippen molar-refractivity contribution in [2.45, 2.75) is 57.7 Å². The minimum Gasteiger partial charge on any atom is -0.372 e. The molecule has 0 spiro atoms. The summed E-state index contributed by atoms with van der Waals surface area (Å²) < 4.78 is 6.02. The molecule has 2 atom stereocenters. The summed E-state index contributed by atoms with van der Waals surface area (Å²) in [6.07, 6.45) is 9.39. The Morgan fingerprint density at radius 1 is 1.00 bits per heavy atom. The summed E-state index contributed by atoms with van der Waals surface area (Å²) in [5.74, 6) is 0.827. The molecule has 2 rings (SSSR count). The van der Waals surface area contributed by atoms with Gasteiger partial charge in [0.1, 0.15) is 0 Å². The predicted octanol–water partition coefficient (Wildman–Crippen LogP) is 2.33. The molecule has 0 amide bonds. The smallest absolute Gasteiger partial charge is 0.0731 e. The molecule has 2 nitrogen and oxygen atoms in total. The van der Waals surface area contributed by atoms with Crippen LogP contribution in [0.1, 0.15) is 45.4 Å². The van der Waals surface area contributed by atoms with Crippen molar-refractivity contribution < 1.29 is 4.74 Å². The molecule has 14 heavy (non-hydrogen) atoms. The maximum Gasteiger partial charge on any atom is 0.0731 e. The van der Waals surface area contributed by atoms with Crippen LogP contribution in [0.2, 0.25) is 0 Å². The van der Waals surface area contributed by atoms with Crippen LogP contribution in [0.5, 0.6) is 0 Å². The lowest BCUT2D eigenvalue weighted by Gasteiger charge is -2.34. The Kier molecular flexibility index (Phi) is 3.82. The molecular weight excluding hydrogens is 174 g/mol. The van der Waals surface area contributed by atoms with Gasteiger partial charge in [0, 0.05) is 13.1 Å². The topological polar surface area (TPSA) is 21.3 Å². The fourth-order valence-corrected chi connectivity index (χ4v) is 2.78. The first-order valence-corrected chi connectivity index (χ1v) is 6.22. The van der Waals surface area contributed by atoms with E-state index in [0.29, 0.717) is 12.2 Å². The molecule has 1 N–H and O–H groups in total. The summed E-state index contributed by atoms with van der Waals surface area (Å²) in [5, 5.41) is 3.48. The van der Waals surface area contributed by atoms with E-state index in [9.17, 15) is 0 Å². The van der Waals surface area contributed by atoms with Crippen LogP contribution in [0, 0.1) is 5.92 Å². The van der Waals surface area contributed by atoms with Crippen molar-refractivity contribution >= 4 is 0 Å². The zero-order valence-corrected chi connectivity index (χ0v) is 9.30. The molecule has 0 bridgehead atoms.